The predicted molar refractivity (Wildman–Crippen MR) is 93.5 cm³/mol. The first kappa shape index (κ1) is 15.6. The van der Waals surface area contributed by atoms with E-state index in [1.807, 2.05) is 39.9 Å². The van der Waals surface area contributed by atoms with E-state index in [1.165, 1.54) is 6.33 Å². The van der Waals surface area contributed by atoms with Gasteiger partial charge in [-0.25, -0.2) is 19.4 Å². The van der Waals surface area contributed by atoms with E-state index in [2.05, 4.69) is 15.1 Å². The van der Waals surface area contributed by atoms with Crippen molar-refractivity contribution in [3.63, 3.8) is 0 Å². The fraction of sp³-hybridized carbons (Fsp3) is 0.333. The number of rotatable bonds is 4. The van der Waals surface area contributed by atoms with Crippen LogP contribution in [0, 0.1) is 0 Å². The van der Waals surface area contributed by atoms with Crippen LogP contribution in [0.2, 0.25) is 0 Å². The summed E-state index contributed by atoms with van der Waals surface area (Å²) < 4.78 is 1.83. The highest BCUT2D eigenvalue weighted by Crippen LogP contribution is 2.29. The fourth-order valence-corrected chi connectivity index (χ4v) is 3.42. The summed E-state index contributed by atoms with van der Waals surface area (Å²) in [6.07, 6.45) is 5.76. The van der Waals surface area contributed by atoms with Crippen molar-refractivity contribution in [2.24, 2.45) is 0 Å². The van der Waals surface area contributed by atoms with E-state index in [1.54, 1.807) is 6.20 Å². The van der Waals surface area contributed by atoms with Crippen LogP contribution in [0.15, 0.2) is 42.9 Å². The quantitative estimate of drug-likeness (QED) is 0.786. The fourth-order valence-electron chi connectivity index (χ4n) is 3.42. The molecule has 0 aliphatic carbocycles. The van der Waals surface area contributed by atoms with E-state index in [9.17, 15) is 9.90 Å². The number of hydrogen-bond acceptors (Lipinski definition) is 5. The van der Waals surface area contributed by atoms with Crippen molar-refractivity contribution in [1.29, 1.82) is 0 Å². The van der Waals surface area contributed by atoms with Gasteiger partial charge < -0.3 is 10.0 Å². The van der Waals surface area contributed by atoms with Gasteiger partial charge in [-0.2, -0.15) is 5.10 Å². The van der Waals surface area contributed by atoms with Gasteiger partial charge in [0.2, 0.25) is 0 Å². The second-order valence-corrected chi connectivity index (χ2v) is 6.27. The molecule has 1 fully saturated rings. The van der Waals surface area contributed by atoms with Crippen LogP contribution in [0.25, 0.3) is 11.0 Å². The molecule has 4 rings (SSSR count). The maximum absolute atomic E-state index is 11.6. The molecule has 0 saturated carbocycles. The first-order valence-corrected chi connectivity index (χ1v) is 8.44. The number of fused-ring (bicyclic) bond motifs is 1. The lowest BCUT2D eigenvalue weighted by molar-refractivity contribution is -0.139. The molecule has 7 nitrogen and oxygen atoms in total. The zero-order valence-electron chi connectivity index (χ0n) is 13.7. The first-order chi connectivity index (χ1) is 12.2. The Balaban J connectivity index is 1.72. The molecule has 1 N–H and O–H groups in total. The molecule has 1 aliphatic rings. The molecular formula is C18H19N5O2. The summed E-state index contributed by atoms with van der Waals surface area (Å²) in [6, 6.07) is 9.51. The van der Waals surface area contributed by atoms with Crippen LogP contribution in [0.4, 0.5) is 5.82 Å². The van der Waals surface area contributed by atoms with Crippen LogP contribution >= 0.6 is 0 Å². The molecule has 0 bridgehead atoms. The van der Waals surface area contributed by atoms with Crippen molar-refractivity contribution in [3.8, 4) is 0 Å². The zero-order valence-corrected chi connectivity index (χ0v) is 13.7. The number of aliphatic carboxylic acids is 1. The number of benzene rings is 1. The first-order valence-electron chi connectivity index (χ1n) is 8.44. The van der Waals surface area contributed by atoms with E-state index < -0.39 is 12.0 Å². The standard InChI is InChI=1S/C18H19N5O2/c24-18(25)15-8-4-5-9-22(15)16-14-10-21-23(17(14)20-12-19-16)11-13-6-2-1-3-7-13/h1-3,6-7,10,12,15H,4-5,8-9,11H2,(H,24,25). The van der Waals surface area contributed by atoms with Crippen LogP contribution in [0.1, 0.15) is 24.8 Å². The number of piperidine rings is 1. The van der Waals surface area contributed by atoms with Crippen LogP contribution in [0.5, 0.6) is 0 Å². The average Bonchev–Trinajstić information content (AvgIpc) is 3.05. The minimum absolute atomic E-state index is 0.538. The molecule has 3 heterocycles. The van der Waals surface area contributed by atoms with Crippen LogP contribution < -0.4 is 4.90 Å². The Labute approximate surface area is 144 Å². The molecule has 3 aromatic rings. The van der Waals surface area contributed by atoms with Gasteiger partial charge in [0.05, 0.1) is 18.1 Å². The Morgan fingerprint density at radius 3 is 2.84 bits per heavy atom. The van der Waals surface area contributed by atoms with Gasteiger partial charge in [0, 0.05) is 6.54 Å². The van der Waals surface area contributed by atoms with Gasteiger partial charge in [0.1, 0.15) is 18.2 Å². The van der Waals surface area contributed by atoms with Crippen molar-refractivity contribution < 1.29 is 9.90 Å². The third kappa shape index (κ3) is 2.93. The maximum Gasteiger partial charge on any atom is 0.326 e. The lowest BCUT2D eigenvalue weighted by Crippen LogP contribution is -2.45. The minimum atomic E-state index is -0.803. The summed E-state index contributed by atoms with van der Waals surface area (Å²) in [5.74, 6) is -0.139. The van der Waals surface area contributed by atoms with Crippen molar-refractivity contribution in [3.05, 3.63) is 48.4 Å². The second kappa shape index (κ2) is 6.51. The van der Waals surface area contributed by atoms with E-state index >= 15 is 0 Å². The normalized spacial score (nSPS) is 17.8. The van der Waals surface area contributed by atoms with E-state index in [0.29, 0.717) is 25.3 Å². The molecule has 0 spiro atoms. The number of carbonyl (C=O) groups is 1. The summed E-state index contributed by atoms with van der Waals surface area (Å²) in [7, 11) is 0. The molecule has 0 radical (unpaired) electrons. The molecule has 25 heavy (non-hydrogen) atoms. The van der Waals surface area contributed by atoms with Crippen molar-refractivity contribution >= 4 is 22.8 Å². The second-order valence-electron chi connectivity index (χ2n) is 6.27. The van der Waals surface area contributed by atoms with E-state index in [4.69, 9.17) is 0 Å². The predicted octanol–water partition coefficient (Wildman–Crippen LogP) is 2.32. The molecular weight excluding hydrogens is 318 g/mol. The maximum atomic E-state index is 11.6. The van der Waals surface area contributed by atoms with Crippen LogP contribution in [-0.2, 0) is 11.3 Å². The number of hydrogen-bond donors (Lipinski definition) is 1. The molecule has 7 heteroatoms. The topological polar surface area (TPSA) is 84.1 Å². The Hall–Kier alpha value is -2.96. The SMILES string of the molecule is O=C(O)C1CCCCN1c1ncnc2c1cnn2Cc1ccccc1. The lowest BCUT2D eigenvalue weighted by Gasteiger charge is -2.34. The summed E-state index contributed by atoms with van der Waals surface area (Å²) in [6.45, 7) is 1.30. The largest absolute Gasteiger partial charge is 0.480 e. The number of nitrogens with zero attached hydrogens (tertiary/aromatic N) is 5. The molecule has 1 unspecified atom stereocenters. The summed E-state index contributed by atoms with van der Waals surface area (Å²) in [4.78, 5) is 22.3. The highest BCUT2D eigenvalue weighted by atomic mass is 16.4. The molecule has 1 aromatic carbocycles. The smallest absolute Gasteiger partial charge is 0.326 e. The zero-order chi connectivity index (χ0) is 17.2. The van der Waals surface area contributed by atoms with Crippen LogP contribution in [-0.4, -0.2) is 43.4 Å². The van der Waals surface area contributed by atoms with Crippen LogP contribution in [0.3, 0.4) is 0 Å². The van der Waals surface area contributed by atoms with E-state index in [-0.39, 0.29) is 0 Å². The van der Waals surface area contributed by atoms with E-state index in [0.717, 1.165) is 29.4 Å². The minimum Gasteiger partial charge on any atom is -0.480 e. The number of aromatic nitrogens is 4. The van der Waals surface area contributed by atoms with Gasteiger partial charge >= 0.3 is 5.97 Å². The van der Waals surface area contributed by atoms with Gasteiger partial charge in [0.15, 0.2) is 5.65 Å². The molecule has 1 aliphatic heterocycles. The van der Waals surface area contributed by atoms with Gasteiger partial charge in [-0.15, -0.1) is 0 Å². The van der Waals surface area contributed by atoms with Crippen molar-refractivity contribution in [1.82, 2.24) is 19.7 Å². The molecule has 1 atom stereocenters. The average molecular weight is 337 g/mol. The van der Waals surface area contributed by atoms with Gasteiger partial charge in [0.25, 0.3) is 0 Å². The third-order valence-electron chi connectivity index (χ3n) is 4.65. The number of carboxylic acids is 1. The Morgan fingerprint density at radius 1 is 1.20 bits per heavy atom. The summed E-state index contributed by atoms with van der Waals surface area (Å²) in [5.41, 5.74) is 1.86. The number of anilines is 1. The molecule has 1 saturated heterocycles. The molecule has 2 aromatic heterocycles. The summed E-state index contributed by atoms with van der Waals surface area (Å²) in [5, 5.41) is 14.8. The monoisotopic (exact) mass is 337 g/mol. The Morgan fingerprint density at radius 2 is 2.04 bits per heavy atom. The Bertz CT molecular complexity index is 893. The number of carboxylic acid groups (broad SMARTS) is 1. The molecule has 0 amide bonds. The van der Waals surface area contributed by atoms with Gasteiger partial charge in [-0.3, -0.25) is 0 Å². The van der Waals surface area contributed by atoms with Crippen molar-refractivity contribution in [2.75, 3.05) is 11.4 Å². The van der Waals surface area contributed by atoms with Gasteiger partial charge in [-0.05, 0) is 24.8 Å². The summed E-state index contributed by atoms with van der Waals surface area (Å²) >= 11 is 0. The Kier molecular flexibility index (Phi) is 4.05. The highest BCUT2D eigenvalue weighted by molar-refractivity contribution is 5.89. The molecule has 128 valence electrons. The van der Waals surface area contributed by atoms with Gasteiger partial charge in [-0.1, -0.05) is 30.3 Å². The van der Waals surface area contributed by atoms with Crippen molar-refractivity contribution in [2.45, 2.75) is 31.8 Å². The lowest BCUT2D eigenvalue weighted by atomic mass is 10.0. The third-order valence-corrected chi connectivity index (χ3v) is 4.65. The highest BCUT2D eigenvalue weighted by Gasteiger charge is 2.31.